The zero-order valence-electron chi connectivity index (χ0n) is 19.1. The third kappa shape index (κ3) is 3.58. The van der Waals surface area contributed by atoms with Crippen LogP contribution in [0.15, 0.2) is 24.3 Å². The molecular weight excluding hydrogens is 407 g/mol. The molecule has 5 aliphatic rings. The summed E-state index contributed by atoms with van der Waals surface area (Å²) in [7, 11) is 0. The van der Waals surface area contributed by atoms with Crippen molar-refractivity contribution in [1.29, 1.82) is 0 Å². The van der Waals surface area contributed by atoms with Crippen molar-refractivity contribution < 1.29 is 14.0 Å². The van der Waals surface area contributed by atoms with Crippen LogP contribution in [0.5, 0.6) is 0 Å². The summed E-state index contributed by atoms with van der Waals surface area (Å²) < 4.78 is 13.2. The topological polar surface area (TPSA) is 78.7 Å². The average molecular weight is 443 g/mol. The molecule has 7 heteroatoms. The smallest absolute Gasteiger partial charge is 0.240 e. The Labute approximate surface area is 189 Å². The molecule has 1 aromatic carbocycles. The monoisotopic (exact) mass is 442 g/mol. The highest BCUT2D eigenvalue weighted by Gasteiger charge is 2.58. The molecule has 4 saturated carbocycles. The third-order valence-electron chi connectivity index (χ3n) is 8.91. The van der Waals surface area contributed by atoms with E-state index in [9.17, 15) is 14.0 Å². The van der Waals surface area contributed by atoms with Gasteiger partial charge in [0.1, 0.15) is 5.82 Å². The Bertz CT molecular complexity index is 878. The maximum Gasteiger partial charge on any atom is 0.240 e. The second-order valence-electron chi connectivity index (χ2n) is 11.1. The molecule has 0 spiro atoms. The standard InChI is InChI=1S/C25H35FN4O2/c1-24(2,30-9-7-29(8-10-30)20-5-3-19(26)4-6-20)23(32)28-21-17-11-16-12-18(21)15-25(13-16,14-17)22(27)31/h3-6,16-18,21H,7-15H2,1-2H3,(H2,27,31)(H,28,32). The van der Waals surface area contributed by atoms with Gasteiger partial charge in [-0.05, 0) is 88.0 Å². The van der Waals surface area contributed by atoms with Gasteiger partial charge in [0.25, 0.3) is 0 Å². The summed E-state index contributed by atoms with van der Waals surface area (Å²) in [5.41, 5.74) is 5.89. The number of nitrogens with zero attached hydrogens (tertiary/aromatic N) is 2. The van der Waals surface area contributed by atoms with Crippen LogP contribution >= 0.6 is 0 Å². The van der Waals surface area contributed by atoms with Crippen molar-refractivity contribution in [2.75, 3.05) is 31.1 Å². The molecule has 0 aromatic heterocycles. The summed E-state index contributed by atoms with van der Waals surface area (Å²) in [4.78, 5) is 30.2. The first kappa shape index (κ1) is 21.7. The Kier molecular flexibility index (Phi) is 5.23. The lowest BCUT2D eigenvalue weighted by atomic mass is 9.47. The molecule has 4 bridgehead atoms. The molecule has 5 fully saturated rings. The molecule has 174 valence electrons. The second kappa shape index (κ2) is 7.72. The van der Waals surface area contributed by atoms with Gasteiger partial charge in [-0.2, -0.15) is 0 Å². The SMILES string of the molecule is CC(C)(C(=O)NC1C2CC3CC1CC(C(N)=O)(C3)C2)N1CCN(c2ccc(F)cc2)CC1. The first-order valence-corrected chi connectivity index (χ1v) is 12.0. The van der Waals surface area contributed by atoms with Gasteiger partial charge in [0, 0.05) is 43.3 Å². The number of amides is 2. The van der Waals surface area contributed by atoms with E-state index in [0.29, 0.717) is 17.8 Å². The number of halogens is 1. The molecule has 2 amide bonds. The highest BCUT2D eigenvalue weighted by atomic mass is 19.1. The van der Waals surface area contributed by atoms with E-state index >= 15 is 0 Å². The van der Waals surface area contributed by atoms with Crippen LogP contribution < -0.4 is 16.0 Å². The summed E-state index contributed by atoms with van der Waals surface area (Å²) in [6, 6.07) is 6.77. The normalized spacial score (nSPS) is 34.5. The Morgan fingerprint density at radius 2 is 1.62 bits per heavy atom. The maximum absolute atomic E-state index is 13.5. The largest absolute Gasteiger partial charge is 0.369 e. The molecule has 1 aromatic rings. The van der Waals surface area contributed by atoms with Crippen molar-refractivity contribution in [2.24, 2.45) is 28.9 Å². The van der Waals surface area contributed by atoms with Gasteiger partial charge in [0.2, 0.25) is 11.8 Å². The van der Waals surface area contributed by atoms with E-state index in [1.807, 2.05) is 26.0 Å². The minimum Gasteiger partial charge on any atom is -0.369 e. The fourth-order valence-electron chi connectivity index (χ4n) is 7.21. The molecular formula is C25H35FN4O2. The number of anilines is 1. The molecule has 1 heterocycles. The van der Waals surface area contributed by atoms with Crippen LogP contribution in [-0.2, 0) is 9.59 Å². The van der Waals surface area contributed by atoms with Crippen molar-refractivity contribution in [3.05, 3.63) is 30.1 Å². The van der Waals surface area contributed by atoms with E-state index in [1.165, 1.54) is 12.1 Å². The second-order valence-corrected chi connectivity index (χ2v) is 11.1. The number of rotatable bonds is 5. The van der Waals surface area contributed by atoms with Crippen LogP contribution in [0.2, 0.25) is 0 Å². The van der Waals surface area contributed by atoms with E-state index in [0.717, 1.165) is 64.0 Å². The van der Waals surface area contributed by atoms with E-state index in [4.69, 9.17) is 5.73 Å². The van der Waals surface area contributed by atoms with Crippen LogP contribution in [0, 0.1) is 29.0 Å². The minimum atomic E-state index is -0.606. The Morgan fingerprint density at radius 1 is 1.03 bits per heavy atom. The van der Waals surface area contributed by atoms with Crippen LogP contribution in [0.3, 0.4) is 0 Å². The molecule has 2 unspecified atom stereocenters. The lowest BCUT2D eigenvalue weighted by Gasteiger charge is -2.59. The van der Waals surface area contributed by atoms with Crippen molar-refractivity contribution in [3.8, 4) is 0 Å². The van der Waals surface area contributed by atoms with E-state index in [-0.39, 0.29) is 29.1 Å². The summed E-state index contributed by atoms with van der Waals surface area (Å²) in [5, 5.41) is 3.42. The number of benzene rings is 1. The van der Waals surface area contributed by atoms with Crippen molar-refractivity contribution in [1.82, 2.24) is 10.2 Å². The molecule has 4 aliphatic carbocycles. The van der Waals surface area contributed by atoms with Gasteiger partial charge >= 0.3 is 0 Å². The highest BCUT2D eigenvalue weighted by Crippen LogP contribution is 2.60. The summed E-state index contributed by atoms with van der Waals surface area (Å²) in [6.45, 7) is 7.19. The Hall–Kier alpha value is -2.15. The van der Waals surface area contributed by atoms with E-state index in [2.05, 4.69) is 15.1 Å². The summed E-state index contributed by atoms with van der Waals surface area (Å²) >= 11 is 0. The lowest BCUT2D eigenvalue weighted by Crippen LogP contribution is -2.66. The van der Waals surface area contributed by atoms with Crippen molar-refractivity contribution in [3.63, 3.8) is 0 Å². The molecule has 1 aliphatic heterocycles. The molecule has 32 heavy (non-hydrogen) atoms. The predicted octanol–water partition coefficient (Wildman–Crippen LogP) is 2.52. The molecule has 3 N–H and O–H groups in total. The van der Waals surface area contributed by atoms with Gasteiger partial charge in [0.15, 0.2) is 0 Å². The molecule has 6 nitrogen and oxygen atoms in total. The predicted molar refractivity (Wildman–Crippen MR) is 121 cm³/mol. The number of nitrogens with two attached hydrogens (primary N) is 1. The number of hydrogen-bond donors (Lipinski definition) is 2. The van der Waals surface area contributed by atoms with Gasteiger partial charge < -0.3 is 16.0 Å². The average Bonchev–Trinajstić information content (AvgIpc) is 2.76. The van der Waals surface area contributed by atoms with Gasteiger partial charge in [-0.3, -0.25) is 14.5 Å². The van der Waals surface area contributed by atoms with Crippen LogP contribution in [-0.4, -0.2) is 54.5 Å². The zero-order chi connectivity index (χ0) is 22.7. The van der Waals surface area contributed by atoms with Gasteiger partial charge in [-0.15, -0.1) is 0 Å². The third-order valence-corrected chi connectivity index (χ3v) is 8.91. The first-order valence-electron chi connectivity index (χ1n) is 12.0. The van der Waals surface area contributed by atoms with Gasteiger partial charge in [0.05, 0.1) is 5.54 Å². The van der Waals surface area contributed by atoms with Crippen LogP contribution in [0.25, 0.3) is 0 Å². The zero-order valence-corrected chi connectivity index (χ0v) is 19.1. The summed E-state index contributed by atoms with van der Waals surface area (Å²) in [5.74, 6) is 1.03. The maximum atomic E-state index is 13.5. The van der Waals surface area contributed by atoms with Crippen molar-refractivity contribution in [2.45, 2.75) is 57.5 Å². The Morgan fingerprint density at radius 3 is 2.19 bits per heavy atom. The van der Waals surface area contributed by atoms with Crippen molar-refractivity contribution >= 4 is 17.5 Å². The summed E-state index contributed by atoms with van der Waals surface area (Å²) in [6.07, 6.45) is 4.81. The number of nitrogens with one attached hydrogen (secondary N) is 1. The quantitative estimate of drug-likeness (QED) is 0.735. The first-order chi connectivity index (χ1) is 15.2. The number of carbonyl (C=O) groups is 2. The Balaban J connectivity index is 1.21. The minimum absolute atomic E-state index is 0.0818. The van der Waals surface area contributed by atoms with E-state index < -0.39 is 5.54 Å². The highest BCUT2D eigenvalue weighted by molar-refractivity contribution is 5.86. The van der Waals surface area contributed by atoms with Gasteiger partial charge in [-0.25, -0.2) is 4.39 Å². The van der Waals surface area contributed by atoms with Gasteiger partial charge in [-0.1, -0.05) is 0 Å². The number of piperazine rings is 1. The van der Waals surface area contributed by atoms with Crippen LogP contribution in [0.1, 0.15) is 46.0 Å². The molecule has 0 radical (unpaired) electrons. The molecule has 1 saturated heterocycles. The molecule has 6 rings (SSSR count). The van der Waals surface area contributed by atoms with Crippen LogP contribution in [0.4, 0.5) is 10.1 Å². The fraction of sp³-hybridized carbons (Fsp3) is 0.680. The molecule has 2 atom stereocenters. The fourth-order valence-corrected chi connectivity index (χ4v) is 7.21. The van der Waals surface area contributed by atoms with E-state index in [1.54, 1.807) is 0 Å². The number of primary amides is 1. The number of carbonyl (C=O) groups excluding carboxylic acids is 2. The lowest BCUT2D eigenvalue weighted by molar-refractivity contribution is -0.149. The number of hydrogen-bond acceptors (Lipinski definition) is 4.